The molecule has 1 aliphatic heterocycles. The molecule has 1 saturated heterocycles. The zero-order chi connectivity index (χ0) is 14.1. The van der Waals surface area contributed by atoms with Crippen molar-refractivity contribution in [2.75, 3.05) is 13.1 Å². The Bertz CT molecular complexity index is 587. The lowest BCUT2D eigenvalue weighted by molar-refractivity contribution is 0.164. The van der Waals surface area contributed by atoms with Gasteiger partial charge >= 0.3 is 0 Å². The summed E-state index contributed by atoms with van der Waals surface area (Å²) in [5.74, 6) is 1.70. The van der Waals surface area contributed by atoms with Crippen molar-refractivity contribution in [1.29, 1.82) is 0 Å². The van der Waals surface area contributed by atoms with Crippen molar-refractivity contribution in [3.05, 3.63) is 35.9 Å². The Kier molecular flexibility index (Phi) is 3.76. The summed E-state index contributed by atoms with van der Waals surface area (Å²) in [5.41, 5.74) is 8.20. The molecule has 0 saturated carbocycles. The predicted octanol–water partition coefficient (Wildman–Crippen LogP) is 2.38. The first-order chi connectivity index (χ1) is 9.70. The van der Waals surface area contributed by atoms with Crippen LogP contribution in [0.5, 0.6) is 0 Å². The van der Waals surface area contributed by atoms with Crippen molar-refractivity contribution in [3.63, 3.8) is 0 Å². The summed E-state index contributed by atoms with van der Waals surface area (Å²) in [5, 5.41) is 0. The second-order valence-electron chi connectivity index (χ2n) is 6.03. The van der Waals surface area contributed by atoms with Gasteiger partial charge in [-0.15, -0.1) is 0 Å². The van der Waals surface area contributed by atoms with E-state index in [1.807, 2.05) is 6.20 Å². The van der Waals surface area contributed by atoms with E-state index in [4.69, 9.17) is 10.7 Å². The number of aromatic nitrogens is 2. The van der Waals surface area contributed by atoms with E-state index in [0.29, 0.717) is 18.5 Å². The maximum Gasteiger partial charge on any atom is 0.117 e. The van der Waals surface area contributed by atoms with Gasteiger partial charge in [0, 0.05) is 30.7 Å². The van der Waals surface area contributed by atoms with Gasteiger partial charge in [0.2, 0.25) is 0 Å². The van der Waals surface area contributed by atoms with Gasteiger partial charge in [0.25, 0.3) is 0 Å². The third kappa shape index (κ3) is 2.34. The minimum Gasteiger partial charge on any atom is -0.325 e. The standard InChI is InChI=1S/C16H24N4/c1-12(2)19-8-4-5-13(11-19)16-18-10-15-7-3-6-14(9-17)20(15)16/h3,6-7,10,12-13H,4-5,8-9,11,17H2,1-2H3. The first-order valence-electron chi connectivity index (χ1n) is 7.60. The fourth-order valence-electron chi connectivity index (χ4n) is 3.28. The average molecular weight is 272 g/mol. The van der Waals surface area contributed by atoms with Gasteiger partial charge in [0.05, 0.1) is 11.7 Å². The molecule has 2 aromatic heterocycles. The fraction of sp³-hybridized carbons (Fsp3) is 0.562. The van der Waals surface area contributed by atoms with Gasteiger partial charge in [-0.1, -0.05) is 6.07 Å². The lowest BCUT2D eigenvalue weighted by Crippen LogP contribution is -2.39. The number of nitrogens with zero attached hydrogens (tertiary/aromatic N) is 3. The number of nitrogens with two attached hydrogens (primary N) is 1. The van der Waals surface area contributed by atoms with E-state index in [0.717, 1.165) is 17.8 Å². The maximum atomic E-state index is 5.89. The Morgan fingerprint density at radius 2 is 2.25 bits per heavy atom. The van der Waals surface area contributed by atoms with Gasteiger partial charge in [-0.25, -0.2) is 4.98 Å². The van der Waals surface area contributed by atoms with Gasteiger partial charge in [-0.05, 0) is 45.4 Å². The van der Waals surface area contributed by atoms with E-state index in [9.17, 15) is 0 Å². The topological polar surface area (TPSA) is 46.6 Å². The minimum atomic E-state index is 0.515. The molecule has 4 nitrogen and oxygen atoms in total. The monoisotopic (exact) mass is 272 g/mol. The second kappa shape index (κ2) is 5.54. The summed E-state index contributed by atoms with van der Waals surface area (Å²) in [6.07, 6.45) is 4.45. The first kappa shape index (κ1) is 13.6. The number of imidazole rings is 1. The van der Waals surface area contributed by atoms with Crippen LogP contribution in [0.3, 0.4) is 0 Å². The second-order valence-corrected chi connectivity index (χ2v) is 6.03. The summed E-state index contributed by atoms with van der Waals surface area (Å²) in [7, 11) is 0. The zero-order valence-electron chi connectivity index (χ0n) is 12.4. The minimum absolute atomic E-state index is 0.515. The number of pyridine rings is 1. The van der Waals surface area contributed by atoms with E-state index in [2.05, 4.69) is 41.3 Å². The largest absolute Gasteiger partial charge is 0.325 e. The van der Waals surface area contributed by atoms with Crippen LogP contribution >= 0.6 is 0 Å². The molecule has 1 atom stereocenters. The SMILES string of the molecule is CC(C)N1CCCC(c2ncc3cccc(CN)n23)C1. The van der Waals surface area contributed by atoms with Crippen molar-refractivity contribution in [1.82, 2.24) is 14.3 Å². The molecule has 4 heteroatoms. The highest BCUT2D eigenvalue weighted by molar-refractivity contribution is 5.48. The normalized spacial score (nSPS) is 20.9. The van der Waals surface area contributed by atoms with Crippen LogP contribution in [0.1, 0.15) is 44.1 Å². The van der Waals surface area contributed by atoms with E-state index in [1.54, 1.807) is 0 Å². The van der Waals surface area contributed by atoms with Crippen LogP contribution in [0.15, 0.2) is 24.4 Å². The molecule has 0 aliphatic carbocycles. The van der Waals surface area contributed by atoms with Crippen LogP contribution in [0, 0.1) is 0 Å². The lowest BCUT2D eigenvalue weighted by Gasteiger charge is -2.35. The zero-order valence-corrected chi connectivity index (χ0v) is 12.4. The van der Waals surface area contributed by atoms with E-state index < -0.39 is 0 Å². The summed E-state index contributed by atoms with van der Waals surface area (Å²) in [4.78, 5) is 7.26. The molecule has 0 aromatic carbocycles. The van der Waals surface area contributed by atoms with E-state index in [-0.39, 0.29) is 0 Å². The number of piperidine rings is 1. The molecule has 0 spiro atoms. The van der Waals surface area contributed by atoms with Gasteiger partial charge < -0.3 is 10.6 Å². The predicted molar refractivity (Wildman–Crippen MR) is 81.8 cm³/mol. The van der Waals surface area contributed by atoms with Gasteiger partial charge in [-0.3, -0.25) is 4.40 Å². The molecule has 1 unspecified atom stereocenters. The number of hydrogen-bond acceptors (Lipinski definition) is 3. The Balaban J connectivity index is 1.97. The highest BCUT2D eigenvalue weighted by Crippen LogP contribution is 2.28. The molecular formula is C16H24N4. The quantitative estimate of drug-likeness (QED) is 0.933. The Morgan fingerprint density at radius 3 is 3.00 bits per heavy atom. The Morgan fingerprint density at radius 1 is 1.40 bits per heavy atom. The van der Waals surface area contributed by atoms with Crippen LogP contribution in [0.2, 0.25) is 0 Å². The maximum absolute atomic E-state index is 5.89. The number of likely N-dealkylation sites (tertiary alicyclic amines) is 1. The summed E-state index contributed by atoms with van der Waals surface area (Å²) in [6, 6.07) is 6.88. The van der Waals surface area contributed by atoms with Crippen molar-refractivity contribution < 1.29 is 0 Å². The molecule has 0 bridgehead atoms. The third-order valence-electron chi connectivity index (χ3n) is 4.42. The molecule has 1 fully saturated rings. The highest BCUT2D eigenvalue weighted by atomic mass is 15.2. The Hall–Kier alpha value is -1.39. The molecule has 2 N–H and O–H groups in total. The van der Waals surface area contributed by atoms with Crippen LogP contribution in [-0.4, -0.2) is 33.4 Å². The molecular weight excluding hydrogens is 248 g/mol. The van der Waals surface area contributed by atoms with Gasteiger partial charge in [-0.2, -0.15) is 0 Å². The number of rotatable bonds is 3. The highest BCUT2D eigenvalue weighted by Gasteiger charge is 2.26. The van der Waals surface area contributed by atoms with Crippen LogP contribution in [0.25, 0.3) is 5.52 Å². The molecule has 3 rings (SSSR count). The smallest absolute Gasteiger partial charge is 0.117 e. The van der Waals surface area contributed by atoms with E-state index in [1.165, 1.54) is 25.2 Å². The van der Waals surface area contributed by atoms with Crippen molar-refractivity contribution in [2.24, 2.45) is 5.73 Å². The summed E-state index contributed by atoms with van der Waals surface area (Å²) in [6.45, 7) is 7.42. The van der Waals surface area contributed by atoms with Crippen LogP contribution in [-0.2, 0) is 6.54 Å². The van der Waals surface area contributed by atoms with Gasteiger partial charge in [0.15, 0.2) is 0 Å². The molecule has 108 valence electrons. The Labute approximate surface area is 120 Å². The summed E-state index contributed by atoms with van der Waals surface area (Å²) < 4.78 is 2.26. The van der Waals surface area contributed by atoms with Crippen molar-refractivity contribution >= 4 is 5.52 Å². The molecule has 0 amide bonds. The third-order valence-corrected chi connectivity index (χ3v) is 4.42. The van der Waals surface area contributed by atoms with Crippen molar-refractivity contribution in [2.45, 2.75) is 45.2 Å². The number of hydrogen-bond donors (Lipinski definition) is 1. The summed E-state index contributed by atoms with van der Waals surface area (Å²) >= 11 is 0. The molecule has 1 aliphatic rings. The average Bonchev–Trinajstić information content (AvgIpc) is 2.91. The van der Waals surface area contributed by atoms with E-state index >= 15 is 0 Å². The molecule has 3 heterocycles. The fourth-order valence-corrected chi connectivity index (χ4v) is 3.28. The molecule has 2 aromatic rings. The molecule has 20 heavy (non-hydrogen) atoms. The first-order valence-corrected chi connectivity index (χ1v) is 7.60. The number of fused-ring (bicyclic) bond motifs is 1. The molecule has 0 radical (unpaired) electrons. The van der Waals surface area contributed by atoms with Crippen LogP contribution < -0.4 is 5.73 Å². The van der Waals surface area contributed by atoms with Crippen LogP contribution in [0.4, 0.5) is 0 Å². The van der Waals surface area contributed by atoms with Crippen molar-refractivity contribution in [3.8, 4) is 0 Å². The van der Waals surface area contributed by atoms with Gasteiger partial charge in [0.1, 0.15) is 5.82 Å². The lowest BCUT2D eigenvalue weighted by atomic mass is 9.96.